The summed E-state index contributed by atoms with van der Waals surface area (Å²) in [6.07, 6.45) is 0. The predicted molar refractivity (Wildman–Crippen MR) is 62.7 cm³/mol. The molecule has 1 heterocycles. The van der Waals surface area contributed by atoms with Crippen LogP contribution in [0.1, 0.15) is 22.8 Å². The zero-order chi connectivity index (χ0) is 11.7. The van der Waals surface area contributed by atoms with Gasteiger partial charge in [0.05, 0.1) is 6.67 Å². The Morgan fingerprint density at radius 1 is 1.56 bits per heavy atom. The van der Waals surface area contributed by atoms with Gasteiger partial charge in [0.15, 0.2) is 0 Å². The lowest BCUT2D eigenvalue weighted by molar-refractivity contribution is -0.119. The van der Waals surface area contributed by atoms with E-state index in [2.05, 4.69) is 21.2 Å². The van der Waals surface area contributed by atoms with Crippen molar-refractivity contribution < 1.29 is 9.59 Å². The van der Waals surface area contributed by atoms with E-state index < -0.39 is 0 Å². The standard InChI is InChI=1S/C11H11BrN2O2/c1-7(15)13-6-14-5-8-4-9(12)2-3-10(8)11(14)16/h2-4H,5-6H2,1H3,(H,13,15). The molecule has 0 fully saturated rings. The maximum Gasteiger partial charge on any atom is 0.255 e. The summed E-state index contributed by atoms with van der Waals surface area (Å²) in [4.78, 5) is 24.3. The first kappa shape index (κ1) is 11.1. The minimum atomic E-state index is -0.134. The highest BCUT2D eigenvalue weighted by Crippen LogP contribution is 2.25. The molecule has 0 aliphatic carbocycles. The van der Waals surface area contributed by atoms with Gasteiger partial charge in [0, 0.05) is 23.5 Å². The number of hydrogen-bond acceptors (Lipinski definition) is 2. The normalized spacial score (nSPS) is 13.9. The minimum Gasteiger partial charge on any atom is -0.339 e. The summed E-state index contributed by atoms with van der Waals surface area (Å²) in [5.74, 6) is -0.166. The molecule has 0 unspecified atom stereocenters. The number of carbonyl (C=O) groups is 2. The van der Waals surface area contributed by atoms with Crippen molar-refractivity contribution in [3.63, 3.8) is 0 Å². The van der Waals surface area contributed by atoms with Crippen molar-refractivity contribution in [1.82, 2.24) is 10.2 Å². The summed E-state index contributed by atoms with van der Waals surface area (Å²) >= 11 is 3.37. The maximum atomic E-state index is 11.9. The summed E-state index contributed by atoms with van der Waals surface area (Å²) in [6, 6.07) is 5.58. The number of benzene rings is 1. The molecule has 1 aromatic rings. The van der Waals surface area contributed by atoms with E-state index in [4.69, 9.17) is 0 Å². The van der Waals surface area contributed by atoms with E-state index in [0.717, 1.165) is 10.0 Å². The topological polar surface area (TPSA) is 49.4 Å². The fourth-order valence-electron chi connectivity index (χ4n) is 1.68. The smallest absolute Gasteiger partial charge is 0.255 e. The van der Waals surface area contributed by atoms with Crippen molar-refractivity contribution in [3.05, 3.63) is 33.8 Å². The number of rotatable bonds is 2. The first-order valence-corrected chi connectivity index (χ1v) is 5.69. The van der Waals surface area contributed by atoms with Crippen LogP contribution in [0.25, 0.3) is 0 Å². The Morgan fingerprint density at radius 2 is 2.31 bits per heavy atom. The average molecular weight is 283 g/mol. The van der Waals surface area contributed by atoms with E-state index in [9.17, 15) is 9.59 Å². The second-order valence-corrected chi connectivity index (χ2v) is 4.61. The Hall–Kier alpha value is -1.36. The lowest BCUT2D eigenvalue weighted by Crippen LogP contribution is -2.36. The van der Waals surface area contributed by atoms with Crippen molar-refractivity contribution in [2.24, 2.45) is 0 Å². The maximum absolute atomic E-state index is 11.9. The van der Waals surface area contributed by atoms with Gasteiger partial charge in [-0.1, -0.05) is 15.9 Å². The molecular weight excluding hydrogens is 272 g/mol. The average Bonchev–Trinajstić information content (AvgIpc) is 2.52. The lowest BCUT2D eigenvalue weighted by atomic mass is 10.1. The fourth-order valence-corrected chi connectivity index (χ4v) is 2.09. The van der Waals surface area contributed by atoms with Gasteiger partial charge in [-0.25, -0.2) is 0 Å². The van der Waals surface area contributed by atoms with Crippen molar-refractivity contribution in [1.29, 1.82) is 0 Å². The Morgan fingerprint density at radius 3 is 3.00 bits per heavy atom. The number of halogens is 1. The van der Waals surface area contributed by atoms with Crippen molar-refractivity contribution in [2.75, 3.05) is 6.67 Å². The van der Waals surface area contributed by atoms with E-state index >= 15 is 0 Å². The van der Waals surface area contributed by atoms with Crippen LogP contribution in [0.15, 0.2) is 22.7 Å². The van der Waals surface area contributed by atoms with Gasteiger partial charge in [-0.15, -0.1) is 0 Å². The van der Waals surface area contributed by atoms with Crippen LogP contribution in [-0.4, -0.2) is 23.4 Å². The molecule has 0 radical (unpaired) electrons. The SMILES string of the molecule is CC(=O)NCN1Cc2cc(Br)ccc2C1=O. The highest BCUT2D eigenvalue weighted by atomic mass is 79.9. The Bertz CT molecular complexity index is 459. The number of nitrogens with zero attached hydrogens (tertiary/aromatic N) is 1. The Balaban J connectivity index is 2.14. The van der Waals surface area contributed by atoms with Crippen LogP contribution in [0.4, 0.5) is 0 Å². The summed E-state index contributed by atoms with van der Waals surface area (Å²) in [5, 5.41) is 2.62. The van der Waals surface area contributed by atoms with Crippen LogP contribution < -0.4 is 5.32 Å². The van der Waals surface area contributed by atoms with Crippen LogP contribution in [0.5, 0.6) is 0 Å². The summed E-state index contributed by atoms with van der Waals surface area (Å²) in [5.41, 5.74) is 1.71. The molecule has 0 atom stereocenters. The molecule has 16 heavy (non-hydrogen) atoms. The van der Waals surface area contributed by atoms with Crippen LogP contribution in [-0.2, 0) is 11.3 Å². The van der Waals surface area contributed by atoms with Crippen LogP contribution in [0.3, 0.4) is 0 Å². The van der Waals surface area contributed by atoms with Crippen LogP contribution in [0, 0.1) is 0 Å². The van der Waals surface area contributed by atoms with Gasteiger partial charge < -0.3 is 10.2 Å². The summed E-state index contributed by atoms with van der Waals surface area (Å²) in [6.45, 7) is 2.25. The Kier molecular flexibility index (Phi) is 2.96. The Labute approximate surface area is 102 Å². The molecule has 0 bridgehead atoms. The van der Waals surface area contributed by atoms with Gasteiger partial charge in [-0.2, -0.15) is 0 Å². The summed E-state index contributed by atoms with van der Waals surface area (Å²) in [7, 11) is 0. The third kappa shape index (κ3) is 2.09. The monoisotopic (exact) mass is 282 g/mol. The first-order valence-electron chi connectivity index (χ1n) is 4.90. The van der Waals surface area contributed by atoms with E-state index in [0.29, 0.717) is 12.1 Å². The second kappa shape index (κ2) is 4.25. The van der Waals surface area contributed by atoms with Gasteiger partial charge in [-0.3, -0.25) is 9.59 Å². The molecule has 84 valence electrons. The molecule has 4 nitrogen and oxygen atoms in total. The fraction of sp³-hybridized carbons (Fsp3) is 0.273. The van der Waals surface area contributed by atoms with Crippen LogP contribution in [0.2, 0.25) is 0 Å². The van der Waals surface area contributed by atoms with Crippen molar-refractivity contribution >= 4 is 27.7 Å². The van der Waals surface area contributed by atoms with E-state index in [-0.39, 0.29) is 18.5 Å². The van der Waals surface area contributed by atoms with Gasteiger partial charge in [0.1, 0.15) is 0 Å². The molecule has 1 aliphatic rings. The molecule has 1 N–H and O–H groups in total. The number of fused-ring (bicyclic) bond motifs is 1. The second-order valence-electron chi connectivity index (χ2n) is 3.70. The minimum absolute atomic E-state index is 0.0312. The molecule has 1 aliphatic heterocycles. The highest BCUT2D eigenvalue weighted by molar-refractivity contribution is 9.10. The van der Waals surface area contributed by atoms with E-state index in [1.807, 2.05) is 12.1 Å². The molecule has 0 saturated heterocycles. The molecule has 2 rings (SSSR count). The predicted octanol–water partition coefficient (Wildman–Crippen LogP) is 1.50. The van der Waals surface area contributed by atoms with Crippen molar-refractivity contribution in [2.45, 2.75) is 13.5 Å². The molecule has 0 aromatic heterocycles. The summed E-state index contributed by atoms with van der Waals surface area (Å²) < 4.78 is 0.959. The molecule has 0 saturated carbocycles. The van der Waals surface area contributed by atoms with Gasteiger partial charge in [0.25, 0.3) is 5.91 Å². The molecule has 2 amide bonds. The zero-order valence-electron chi connectivity index (χ0n) is 8.79. The van der Waals surface area contributed by atoms with Gasteiger partial charge in [-0.05, 0) is 23.8 Å². The molecule has 1 aromatic carbocycles. The quantitative estimate of drug-likeness (QED) is 0.894. The third-order valence-electron chi connectivity index (χ3n) is 2.46. The van der Waals surface area contributed by atoms with Crippen molar-refractivity contribution in [3.8, 4) is 0 Å². The lowest BCUT2D eigenvalue weighted by Gasteiger charge is -2.15. The molecule has 0 spiro atoms. The van der Waals surface area contributed by atoms with E-state index in [1.54, 1.807) is 11.0 Å². The third-order valence-corrected chi connectivity index (χ3v) is 2.96. The number of nitrogens with one attached hydrogen (secondary N) is 1. The van der Waals surface area contributed by atoms with Gasteiger partial charge >= 0.3 is 0 Å². The number of carbonyl (C=O) groups excluding carboxylic acids is 2. The highest BCUT2D eigenvalue weighted by Gasteiger charge is 2.26. The molecular formula is C11H11BrN2O2. The largest absolute Gasteiger partial charge is 0.339 e. The molecule has 5 heteroatoms. The number of hydrogen-bond donors (Lipinski definition) is 1. The number of amides is 2. The first-order chi connectivity index (χ1) is 7.58. The van der Waals surface area contributed by atoms with Crippen LogP contribution >= 0.6 is 15.9 Å². The van der Waals surface area contributed by atoms with Gasteiger partial charge in [0.2, 0.25) is 5.91 Å². The zero-order valence-corrected chi connectivity index (χ0v) is 10.4. The van der Waals surface area contributed by atoms with E-state index in [1.165, 1.54) is 6.92 Å².